The van der Waals surface area contributed by atoms with Gasteiger partial charge in [0.2, 0.25) is 0 Å². The molecule has 0 bridgehead atoms. The van der Waals surface area contributed by atoms with Gasteiger partial charge in [-0.25, -0.2) is 0 Å². The van der Waals surface area contributed by atoms with Crippen molar-refractivity contribution in [1.82, 2.24) is 5.32 Å². The first-order valence-electron chi connectivity index (χ1n) is 6.69. The Bertz CT molecular complexity index is 451. The molecular formula is C14H22N2O3S3. The van der Waals surface area contributed by atoms with Crippen LogP contribution in [0.15, 0.2) is 29.2 Å². The predicted octanol–water partition coefficient (Wildman–Crippen LogP) is 3.18. The number of hydrogen-bond acceptors (Lipinski definition) is 4. The van der Waals surface area contributed by atoms with Crippen LogP contribution in [0.1, 0.15) is 20.3 Å². The molecule has 124 valence electrons. The molecule has 22 heavy (non-hydrogen) atoms. The third-order valence-corrected chi connectivity index (χ3v) is 3.81. The maximum absolute atomic E-state index is 8.76. The van der Waals surface area contributed by atoms with Gasteiger partial charge in [0.15, 0.2) is 0 Å². The Morgan fingerprint density at radius 2 is 1.86 bits per heavy atom. The molecule has 8 heteroatoms. The van der Waals surface area contributed by atoms with Gasteiger partial charge in [0.1, 0.15) is 12.4 Å². The van der Waals surface area contributed by atoms with Crippen molar-refractivity contribution < 1.29 is 14.9 Å². The average molecular weight is 363 g/mol. The van der Waals surface area contributed by atoms with Crippen molar-refractivity contribution in [1.29, 1.82) is 0 Å². The van der Waals surface area contributed by atoms with E-state index in [9.17, 15) is 0 Å². The number of nitrogens with one attached hydrogen (secondary N) is 1. The SMILES string of the molecule is CCC(C)Sc1ccc(OCCNC(O)=S)cc1.NC(O)=S. The van der Waals surface area contributed by atoms with Crippen LogP contribution in [0, 0.1) is 0 Å². The molecule has 0 aromatic heterocycles. The number of hydrogen-bond donors (Lipinski definition) is 4. The van der Waals surface area contributed by atoms with Gasteiger partial charge in [-0.1, -0.05) is 13.8 Å². The Morgan fingerprint density at radius 1 is 1.32 bits per heavy atom. The Kier molecular flexibility index (Phi) is 11.6. The summed E-state index contributed by atoms with van der Waals surface area (Å²) >= 11 is 10.2. The van der Waals surface area contributed by atoms with E-state index in [2.05, 4.69) is 61.5 Å². The van der Waals surface area contributed by atoms with E-state index >= 15 is 0 Å². The fourth-order valence-corrected chi connectivity index (χ4v) is 2.28. The van der Waals surface area contributed by atoms with Gasteiger partial charge in [0.05, 0.1) is 6.54 Å². The summed E-state index contributed by atoms with van der Waals surface area (Å²) in [4.78, 5) is 1.26. The van der Waals surface area contributed by atoms with Crippen molar-refractivity contribution in [3.8, 4) is 5.75 Å². The van der Waals surface area contributed by atoms with Crippen molar-refractivity contribution in [3.63, 3.8) is 0 Å². The number of aliphatic hydroxyl groups is 2. The summed E-state index contributed by atoms with van der Waals surface area (Å²) in [6.07, 6.45) is 1.16. The highest BCUT2D eigenvalue weighted by molar-refractivity contribution is 7.99. The number of benzene rings is 1. The zero-order valence-electron chi connectivity index (χ0n) is 12.6. The minimum absolute atomic E-state index is 0.195. The molecule has 0 fully saturated rings. The van der Waals surface area contributed by atoms with Gasteiger partial charge in [0, 0.05) is 10.1 Å². The first-order valence-corrected chi connectivity index (χ1v) is 8.39. The summed E-state index contributed by atoms with van der Waals surface area (Å²) in [6, 6.07) is 8.05. The van der Waals surface area contributed by atoms with Crippen LogP contribution < -0.4 is 15.8 Å². The summed E-state index contributed by atoms with van der Waals surface area (Å²) in [5.41, 5.74) is 4.40. The molecule has 0 aliphatic heterocycles. The molecule has 0 saturated heterocycles. The Labute approximate surface area is 146 Å². The summed E-state index contributed by atoms with van der Waals surface area (Å²) < 4.78 is 5.50. The molecule has 0 aliphatic rings. The molecule has 5 nitrogen and oxygen atoms in total. The molecule has 0 aliphatic carbocycles. The molecule has 0 spiro atoms. The third kappa shape index (κ3) is 12.5. The van der Waals surface area contributed by atoms with Gasteiger partial charge >= 0.3 is 0 Å². The molecule has 0 amide bonds. The molecule has 1 aromatic carbocycles. The predicted molar refractivity (Wildman–Crippen MR) is 100 cm³/mol. The van der Waals surface area contributed by atoms with Crippen molar-refractivity contribution in [2.75, 3.05) is 13.2 Å². The van der Waals surface area contributed by atoms with Gasteiger partial charge in [0.25, 0.3) is 10.3 Å². The Balaban J connectivity index is 0.000000980. The van der Waals surface area contributed by atoms with Crippen LogP contribution >= 0.6 is 36.2 Å². The maximum atomic E-state index is 8.76. The highest BCUT2D eigenvalue weighted by atomic mass is 32.2. The van der Waals surface area contributed by atoms with Crippen LogP contribution in [0.5, 0.6) is 5.75 Å². The topological polar surface area (TPSA) is 87.7 Å². The van der Waals surface area contributed by atoms with Crippen LogP contribution in [0.3, 0.4) is 0 Å². The summed E-state index contributed by atoms with van der Waals surface area (Å²) in [5.74, 6) is 0.828. The fraction of sp³-hybridized carbons (Fsp3) is 0.429. The van der Waals surface area contributed by atoms with E-state index in [4.69, 9.17) is 14.9 Å². The van der Waals surface area contributed by atoms with Gasteiger partial charge in [-0.15, -0.1) is 11.8 Å². The second-order valence-electron chi connectivity index (χ2n) is 4.23. The standard InChI is InChI=1S/C13H19NO2S2.CH3NOS/c1-3-10(2)18-12-6-4-11(5-7-12)16-9-8-14-13(15)17;2-1(3)4/h4-7,10H,3,8-9H2,1-2H3,(H2,14,15,17);(H3,2,3,4). The lowest BCUT2D eigenvalue weighted by Crippen LogP contribution is -2.25. The highest BCUT2D eigenvalue weighted by Gasteiger charge is 2.02. The molecule has 0 radical (unpaired) electrons. The second-order valence-corrected chi connectivity index (χ2v) is 6.54. The molecule has 1 unspecified atom stereocenters. The number of thiocarbonyl (C=S) groups is 2. The molecular weight excluding hydrogens is 340 g/mol. The number of nitrogens with two attached hydrogens (primary N) is 1. The maximum Gasteiger partial charge on any atom is 0.254 e. The van der Waals surface area contributed by atoms with Crippen molar-refractivity contribution >= 4 is 46.5 Å². The molecule has 1 aromatic rings. The molecule has 0 saturated carbocycles. The van der Waals surface area contributed by atoms with Crippen LogP contribution in [-0.2, 0) is 0 Å². The van der Waals surface area contributed by atoms with Crippen LogP contribution in [0.2, 0.25) is 0 Å². The minimum Gasteiger partial charge on any atom is -0.492 e. The smallest absolute Gasteiger partial charge is 0.254 e. The zero-order chi connectivity index (χ0) is 17.0. The second kappa shape index (κ2) is 12.3. The summed E-state index contributed by atoms with van der Waals surface area (Å²) in [6.45, 7) is 5.38. The fourth-order valence-electron chi connectivity index (χ4n) is 1.26. The van der Waals surface area contributed by atoms with E-state index in [0.717, 1.165) is 12.2 Å². The van der Waals surface area contributed by atoms with Crippen molar-refractivity contribution in [3.05, 3.63) is 24.3 Å². The van der Waals surface area contributed by atoms with Crippen LogP contribution in [0.25, 0.3) is 0 Å². The Hall–Kier alpha value is -1.25. The molecule has 0 heterocycles. The van der Waals surface area contributed by atoms with E-state index in [1.54, 1.807) is 0 Å². The monoisotopic (exact) mass is 362 g/mol. The highest BCUT2D eigenvalue weighted by Crippen LogP contribution is 2.26. The van der Waals surface area contributed by atoms with E-state index in [1.165, 1.54) is 4.90 Å². The number of rotatable bonds is 7. The lowest BCUT2D eigenvalue weighted by molar-refractivity contribution is 0.319. The molecule has 1 rings (SSSR count). The van der Waals surface area contributed by atoms with Gasteiger partial charge in [-0.05, 0) is 55.1 Å². The summed E-state index contributed by atoms with van der Waals surface area (Å²) in [5, 5.41) is 18.9. The zero-order valence-corrected chi connectivity index (χ0v) is 15.1. The van der Waals surface area contributed by atoms with E-state index in [-0.39, 0.29) is 5.17 Å². The van der Waals surface area contributed by atoms with E-state index < -0.39 is 5.17 Å². The molecule has 1 atom stereocenters. The number of aliphatic hydroxyl groups excluding tert-OH is 2. The number of ether oxygens (including phenoxy) is 1. The van der Waals surface area contributed by atoms with Crippen molar-refractivity contribution in [2.24, 2.45) is 5.73 Å². The summed E-state index contributed by atoms with van der Waals surface area (Å²) in [7, 11) is 0. The number of thioether (sulfide) groups is 1. The third-order valence-electron chi connectivity index (χ3n) is 2.38. The van der Waals surface area contributed by atoms with Crippen LogP contribution in [0.4, 0.5) is 0 Å². The van der Waals surface area contributed by atoms with Gasteiger partial charge < -0.3 is 26.0 Å². The van der Waals surface area contributed by atoms with E-state index in [1.807, 2.05) is 23.9 Å². The van der Waals surface area contributed by atoms with Gasteiger partial charge in [-0.3, -0.25) is 0 Å². The lowest BCUT2D eigenvalue weighted by atomic mass is 10.3. The van der Waals surface area contributed by atoms with Crippen LogP contribution in [-0.4, -0.2) is 39.0 Å². The Morgan fingerprint density at radius 3 is 2.32 bits per heavy atom. The van der Waals surface area contributed by atoms with Gasteiger partial charge in [-0.2, -0.15) is 0 Å². The first-order chi connectivity index (χ1) is 10.3. The minimum atomic E-state index is -0.500. The quantitative estimate of drug-likeness (QED) is 0.334. The van der Waals surface area contributed by atoms with E-state index in [0.29, 0.717) is 18.4 Å². The molecule has 5 N–H and O–H groups in total. The normalized spacial score (nSPS) is 10.8. The van der Waals surface area contributed by atoms with Crippen molar-refractivity contribution in [2.45, 2.75) is 30.4 Å². The first kappa shape index (κ1) is 20.8. The average Bonchev–Trinajstić information content (AvgIpc) is 2.44. The lowest BCUT2D eigenvalue weighted by Gasteiger charge is -2.10. The largest absolute Gasteiger partial charge is 0.492 e.